The van der Waals surface area contributed by atoms with Crippen LogP contribution in [0.2, 0.25) is 0 Å². The number of aryl methyl sites for hydroxylation is 2. The minimum atomic E-state index is -5.90. The summed E-state index contributed by atoms with van der Waals surface area (Å²) < 4.78 is 105. The lowest BCUT2D eigenvalue weighted by Gasteiger charge is -2.25. The number of rotatable bonds is 8. The average Bonchev–Trinajstić information content (AvgIpc) is 3.45. The third-order valence-electron chi connectivity index (χ3n) is 7.04. The molecule has 216 valence electrons. The van der Waals surface area contributed by atoms with Crippen LogP contribution in [0.3, 0.4) is 0 Å². The minimum Gasteiger partial charge on any atom is -0.460 e. The molecule has 0 unspecified atom stereocenters. The summed E-state index contributed by atoms with van der Waals surface area (Å²) in [5.41, 5.74) is -6.43. The quantitative estimate of drug-likeness (QED) is 0.117. The molecule has 2 aromatic heterocycles. The third-order valence-corrected chi connectivity index (χ3v) is 7.04. The van der Waals surface area contributed by atoms with Gasteiger partial charge in [0.25, 0.3) is 11.4 Å². The zero-order chi connectivity index (χ0) is 30.1. The zero-order valence-electron chi connectivity index (χ0n) is 21.4. The van der Waals surface area contributed by atoms with Gasteiger partial charge in [0, 0.05) is 58.0 Å². The fraction of sp³-hybridized carbons (Fsp3) is 0.333. The molecule has 14 heteroatoms. The number of allylic oxidation sites excluding steroid dienone is 2. The van der Waals surface area contributed by atoms with Gasteiger partial charge in [-0.05, 0) is 25.0 Å². The van der Waals surface area contributed by atoms with Crippen molar-refractivity contribution in [3.8, 4) is 0 Å². The van der Waals surface area contributed by atoms with Gasteiger partial charge in [-0.1, -0.05) is 13.8 Å². The van der Waals surface area contributed by atoms with Gasteiger partial charge in [0.15, 0.2) is 0 Å². The van der Waals surface area contributed by atoms with Gasteiger partial charge >= 0.3 is 17.8 Å². The molecule has 41 heavy (non-hydrogen) atoms. The summed E-state index contributed by atoms with van der Waals surface area (Å²) in [7, 11) is 0. The topological polar surface area (TPSA) is 113 Å². The molecule has 0 saturated carbocycles. The predicted molar refractivity (Wildman–Crippen MR) is 135 cm³/mol. The molecule has 1 aliphatic carbocycles. The van der Waals surface area contributed by atoms with E-state index in [0.717, 1.165) is 36.4 Å². The van der Waals surface area contributed by atoms with E-state index in [2.05, 4.69) is 0 Å². The number of nitrogens with zero attached hydrogens (tertiary/aromatic N) is 2. The number of hydrogen-bond acceptors (Lipinski definition) is 6. The molecule has 0 amide bonds. The largest absolute Gasteiger partial charge is 0.460 e. The fourth-order valence-electron chi connectivity index (χ4n) is 5.24. The lowest BCUT2D eigenvalue weighted by Crippen LogP contribution is -2.49. The van der Waals surface area contributed by atoms with Crippen LogP contribution in [0, 0.1) is 20.2 Å². The van der Waals surface area contributed by atoms with Gasteiger partial charge in [-0.2, -0.15) is 26.3 Å². The van der Waals surface area contributed by atoms with Crippen molar-refractivity contribution in [3.63, 3.8) is 0 Å². The van der Waals surface area contributed by atoms with Crippen molar-refractivity contribution in [2.45, 2.75) is 57.3 Å². The molecule has 5 rings (SSSR count). The van der Waals surface area contributed by atoms with Crippen LogP contribution < -0.4 is 0 Å². The van der Waals surface area contributed by atoms with Gasteiger partial charge in [-0.3, -0.25) is 20.2 Å². The first-order valence-electron chi connectivity index (χ1n) is 12.5. The fourth-order valence-corrected chi connectivity index (χ4v) is 5.24. The van der Waals surface area contributed by atoms with E-state index in [1.54, 1.807) is 13.8 Å². The molecule has 0 radical (unpaired) electrons. The third kappa shape index (κ3) is 3.90. The SMILES string of the molecule is CCCc1oc2cc([N+](=O)[O-])ccc2c1C1=C(c2c(CCC)oc3cc([N+](=O)[O-])ccc23)C(F)(F)C(F)(F)C1(F)F. The van der Waals surface area contributed by atoms with Crippen molar-refractivity contribution in [1.29, 1.82) is 0 Å². The Morgan fingerprint density at radius 1 is 0.683 bits per heavy atom. The molecular weight excluding hydrogens is 562 g/mol. The lowest BCUT2D eigenvalue weighted by molar-refractivity contribution is -0.384. The Bertz CT molecular complexity index is 1640. The summed E-state index contributed by atoms with van der Waals surface area (Å²) >= 11 is 0. The van der Waals surface area contributed by atoms with E-state index in [4.69, 9.17) is 8.83 Å². The number of halogens is 6. The second kappa shape index (κ2) is 9.35. The van der Waals surface area contributed by atoms with Gasteiger partial charge in [-0.15, -0.1) is 0 Å². The molecule has 8 nitrogen and oxygen atoms in total. The van der Waals surface area contributed by atoms with Gasteiger partial charge in [-0.25, -0.2) is 0 Å². The molecular formula is C27H20F6N2O6. The highest BCUT2D eigenvalue weighted by Crippen LogP contribution is 2.66. The molecule has 1 aliphatic rings. The smallest absolute Gasteiger partial charge is 0.380 e. The van der Waals surface area contributed by atoms with Crippen molar-refractivity contribution in [3.05, 3.63) is 79.3 Å². The number of alkyl halides is 6. The first-order chi connectivity index (χ1) is 19.2. The molecule has 0 bridgehead atoms. The van der Waals surface area contributed by atoms with Gasteiger partial charge in [0.1, 0.15) is 22.7 Å². The van der Waals surface area contributed by atoms with Gasteiger partial charge < -0.3 is 8.83 Å². The lowest BCUT2D eigenvalue weighted by atomic mass is 9.90. The van der Waals surface area contributed by atoms with Crippen LogP contribution in [-0.2, 0) is 12.8 Å². The number of fused-ring (bicyclic) bond motifs is 2. The van der Waals surface area contributed by atoms with Crippen molar-refractivity contribution in [2.75, 3.05) is 0 Å². The minimum absolute atomic E-state index is 0.137. The van der Waals surface area contributed by atoms with E-state index < -0.39 is 61.3 Å². The van der Waals surface area contributed by atoms with Crippen LogP contribution >= 0.6 is 0 Å². The van der Waals surface area contributed by atoms with Crippen molar-refractivity contribution < 1.29 is 45.0 Å². The van der Waals surface area contributed by atoms with E-state index in [1.165, 1.54) is 0 Å². The first kappa shape index (κ1) is 28.2. The van der Waals surface area contributed by atoms with E-state index in [-0.39, 0.29) is 59.1 Å². The number of nitro groups is 2. The summed E-state index contributed by atoms with van der Waals surface area (Å²) in [6, 6.07) is 5.63. The Kier molecular flexibility index (Phi) is 6.42. The van der Waals surface area contributed by atoms with Crippen LogP contribution in [-0.4, -0.2) is 27.6 Å². The Labute approximate surface area is 226 Å². The molecule has 0 atom stereocenters. The Hall–Kier alpha value is -4.36. The Morgan fingerprint density at radius 2 is 1.05 bits per heavy atom. The van der Waals surface area contributed by atoms with E-state index in [0.29, 0.717) is 0 Å². The molecule has 0 N–H and O–H groups in total. The van der Waals surface area contributed by atoms with Crippen molar-refractivity contribution in [1.82, 2.24) is 0 Å². The average molecular weight is 582 g/mol. The number of benzene rings is 2. The van der Waals surface area contributed by atoms with Crippen LogP contribution in [0.5, 0.6) is 0 Å². The summed E-state index contributed by atoms with van der Waals surface area (Å²) in [5, 5.41) is 22.0. The number of furan rings is 2. The molecule has 0 fully saturated rings. The molecule has 2 aromatic carbocycles. The van der Waals surface area contributed by atoms with Gasteiger partial charge in [0.05, 0.1) is 22.0 Å². The van der Waals surface area contributed by atoms with Crippen LogP contribution in [0.4, 0.5) is 37.7 Å². The van der Waals surface area contributed by atoms with E-state index >= 15 is 26.3 Å². The summed E-state index contributed by atoms with van der Waals surface area (Å²) in [6.45, 7) is 3.22. The molecule has 0 spiro atoms. The highest BCUT2D eigenvalue weighted by Gasteiger charge is 2.81. The molecule has 0 saturated heterocycles. The molecule has 2 heterocycles. The summed E-state index contributed by atoms with van der Waals surface area (Å²) in [4.78, 5) is 21.0. The standard InChI is InChI=1S/C27H20F6N2O6/c1-3-5-17-21(15-9-7-13(34(36)37)11-19(15)40-17)23-24(26(30,31)27(32,33)25(23,28)29)22-16-10-8-14(35(38)39)12-20(16)41-18(22)6-4-2/h7-12H,3-6H2,1-2H3. The van der Waals surface area contributed by atoms with Crippen molar-refractivity contribution in [2.24, 2.45) is 0 Å². The molecule has 4 aromatic rings. The van der Waals surface area contributed by atoms with E-state index in [9.17, 15) is 20.2 Å². The Balaban J connectivity index is 1.97. The predicted octanol–water partition coefficient (Wildman–Crippen LogP) is 8.73. The van der Waals surface area contributed by atoms with E-state index in [1.807, 2.05) is 0 Å². The second-order valence-electron chi connectivity index (χ2n) is 9.65. The highest BCUT2D eigenvalue weighted by molar-refractivity contribution is 6.11. The maximum atomic E-state index is 15.8. The normalized spacial score (nSPS) is 17.6. The number of nitro benzene ring substituents is 2. The van der Waals surface area contributed by atoms with Crippen molar-refractivity contribution >= 4 is 44.5 Å². The summed E-state index contributed by atoms with van der Waals surface area (Å²) in [5.74, 6) is -17.4. The van der Waals surface area contributed by atoms with Crippen LogP contribution in [0.15, 0.2) is 45.2 Å². The Morgan fingerprint density at radius 3 is 1.37 bits per heavy atom. The number of hydrogen-bond donors (Lipinski definition) is 0. The molecule has 0 aliphatic heterocycles. The summed E-state index contributed by atoms with van der Waals surface area (Å²) in [6.07, 6.45) is 0.189. The number of non-ortho nitro benzene ring substituents is 2. The maximum Gasteiger partial charge on any atom is 0.380 e. The zero-order valence-corrected chi connectivity index (χ0v) is 21.4. The first-order valence-corrected chi connectivity index (χ1v) is 12.5. The second-order valence-corrected chi connectivity index (χ2v) is 9.65. The monoisotopic (exact) mass is 582 g/mol. The van der Waals surface area contributed by atoms with Gasteiger partial charge in [0.2, 0.25) is 0 Å². The maximum absolute atomic E-state index is 15.8. The van der Waals surface area contributed by atoms with Crippen LogP contribution in [0.1, 0.15) is 49.3 Å². The highest BCUT2D eigenvalue weighted by atomic mass is 19.3. The van der Waals surface area contributed by atoms with Crippen LogP contribution in [0.25, 0.3) is 33.1 Å².